The summed E-state index contributed by atoms with van der Waals surface area (Å²) in [6.07, 6.45) is 12.4. The van der Waals surface area contributed by atoms with Crippen LogP contribution in [0.4, 0.5) is 0 Å². The maximum absolute atomic E-state index is 12.5. The number of unbranched alkanes of at least 4 members (excludes halogenated alkanes) is 6. The largest absolute Gasteiger partial charge is 0.343 e. The van der Waals surface area contributed by atoms with Gasteiger partial charge in [-0.1, -0.05) is 87.9 Å². The molecule has 4 heteroatoms. The Morgan fingerprint density at radius 2 is 1.65 bits per heavy atom. The summed E-state index contributed by atoms with van der Waals surface area (Å²) in [6.45, 7) is 5.20. The summed E-state index contributed by atoms with van der Waals surface area (Å²) < 4.78 is 2.28. The third kappa shape index (κ3) is 6.81. The minimum atomic E-state index is -0.162. The molecule has 31 heavy (non-hydrogen) atoms. The fourth-order valence-electron chi connectivity index (χ4n) is 3.95. The van der Waals surface area contributed by atoms with E-state index < -0.39 is 0 Å². The first-order valence-corrected chi connectivity index (χ1v) is 11.7. The molecule has 0 bridgehead atoms. The number of aromatic nitrogens is 2. The highest BCUT2D eigenvalue weighted by molar-refractivity contribution is 5.92. The van der Waals surface area contributed by atoms with E-state index in [4.69, 9.17) is 4.98 Å². The number of imidazole rings is 1. The van der Waals surface area contributed by atoms with Crippen LogP contribution in [0, 0.1) is 0 Å². The van der Waals surface area contributed by atoms with Gasteiger partial charge in [0.05, 0.1) is 17.1 Å². The Morgan fingerprint density at radius 3 is 2.42 bits per heavy atom. The van der Waals surface area contributed by atoms with Gasteiger partial charge in [-0.15, -0.1) is 0 Å². The predicted octanol–water partition coefficient (Wildman–Crippen LogP) is 6.68. The van der Waals surface area contributed by atoms with Gasteiger partial charge in [-0.05, 0) is 37.1 Å². The zero-order valence-corrected chi connectivity index (χ0v) is 18.9. The van der Waals surface area contributed by atoms with Crippen molar-refractivity contribution in [3.63, 3.8) is 0 Å². The van der Waals surface area contributed by atoms with E-state index in [1.165, 1.54) is 38.5 Å². The molecule has 3 aromatic rings. The van der Waals surface area contributed by atoms with Crippen molar-refractivity contribution in [2.24, 2.45) is 0 Å². The first kappa shape index (κ1) is 22.8. The molecule has 0 fully saturated rings. The molecule has 0 saturated carbocycles. The number of aryl methyl sites for hydroxylation is 1. The van der Waals surface area contributed by atoms with Gasteiger partial charge in [0.1, 0.15) is 5.82 Å². The molecule has 1 atom stereocenters. The molecule has 0 aliphatic heterocycles. The maximum atomic E-state index is 12.5. The van der Waals surface area contributed by atoms with Crippen molar-refractivity contribution >= 4 is 23.0 Å². The van der Waals surface area contributed by atoms with E-state index in [1.807, 2.05) is 55.5 Å². The topological polar surface area (TPSA) is 46.9 Å². The smallest absolute Gasteiger partial charge is 0.244 e. The lowest BCUT2D eigenvalue weighted by Crippen LogP contribution is -2.27. The number of para-hydroxylation sites is 2. The van der Waals surface area contributed by atoms with Gasteiger partial charge in [0.25, 0.3) is 0 Å². The van der Waals surface area contributed by atoms with E-state index in [2.05, 4.69) is 28.9 Å². The van der Waals surface area contributed by atoms with E-state index >= 15 is 0 Å². The number of carbonyl (C=O) groups excluding carboxylic acids is 1. The maximum Gasteiger partial charge on any atom is 0.244 e. The van der Waals surface area contributed by atoms with Crippen LogP contribution in [-0.2, 0) is 11.3 Å². The van der Waals surface area contributed by atoms with Crippen molar-refractivity contribution < 1.29 is 4.79 Å². The van der Waals surface area contributed by atoms with Crippen molar-refractivity contribution in [2.75, 3.05) is 0 Å². The van der Waals surface area contributed by atoms with Gasteiger partial charge >= 0.3 is 0 Å². The van der Waals surface area contributed by atoms with Crippen LogP contribution in [0.3, 0.4) is 0 Å². The van der Waals surface area contributed by atoms with E-state index in [0.717, 1.165) is 35.4 Å². The monoisotopic (exact) mass is 417 g/mol. The van der Waals surface area contributed by atoms with E-state index in [1.54, 1.807) is 6.08 Å². The Morgan fingerprint density at radius 1 is 0.968 bits per heavy atom. The second kappa shape index (κ2) is 12.1. The zero-order valence-electron chi connectivity index (χ0n) is 18.9. The number of rotatable bonds is 12. The van der Waals surface area contributed by atoms with Crippen LogP contribution in [0.1, 0.15) is 76.2 Å². The Kier molecular flexibility index (Phi) is 8.89. The van der Waals surface area contributed by atoms with Crippen LogP contribution in [0.5, 0.6) is 0 Å². The van der Waals surface area contributed by atoms with Gasteiger partial charge in [0, 0.05) is 12.6 Å². The Hall–Kier alpha value is -2.88. The normalized spacial score (nSPS) is 12.5. The predicted molar refractivity (Wildman–Crippen MR) is 130 cm³/mol. The fourth-order valence-corrected chi connectivity index (χ4v) is 3.95. The number of hydrogen-bond acceptors (Lipinski definition) is 2. The van der Waals surface area contributed by atoms with Gasteiger partial charge < -0.3 is 9.88 Å². The number of carbonyl (C=O) groups is 1. The fraction of sp³-hybridized carbons (Fsp3) is 0.407. The third-order valence-corrected chi connectivity index (χ3v) is 5.64. The molecule has 1 aromatic heterocycles. The van der Waals surface area contributed by atoms with Crippen molar-refractivity contribution in [1.29, 1.82) is 0 Å². The second-order valence-electron chi connectivity index (χ2n) is 8.21. The van der Waals surface area contributed by atoms with Crippen LogP contribution in [-0.4, -0.2) is 15.5 Å². The molecule has 3 rings (SSSR count). The molecule has 2 aromatic carbocycles. The van der Waals surface area contributed by atoms with Crippen molar-refractivity contribution in [3.8, 4) is 0 Å². The second-order valence-corrected chi connectivity index (χ2v) is 8.21. The number of benzene rings is 2. The van der Waals surface area contributed by atoms with Gasteiger partial charge in [-0.25, -0.2) is 4.98 Å². The number of fused-ring (bicyclic) bond motifs is 1. The van der Waals surface area contributed by atoms with E-state index in [-0.39, 0.29) is 11.9 Å². The molecule has 1 unspecified atom stereocenters. The van der Waals surface area contributed by atoms with Gasteiger partial charge in [0.2, 0.25) is 5.91 Å². The Bertz CT molecular complexity index is 975. The number of nitrogens with zero attached hydrogens (tertiary/aromatic N) is 2. The summed E-state index contributed by atoms with van der Waals surface area (Å²) in [6, 6.07) is 17.9. The minimum absolute atomic E-state index is 0.106. The number of amides is 1. The van der Waals surface area contributed by atoms with E-state index in [9.17, 15) is 4.79 Å². The summed E-state index contributed by atoms with van der Waals surface area (Å²) >= 11 is 0. The highest BCUT2D eigenvalue weighted by atomic mass is 16.1. The molecule has 0 aliphatic rings. The summed E-state index contributed by atoms with van der Waals surface area (Å²) in [5.41, 5.74) is 3.14. The van der Waals surface area contributed by atoms with Gasteiger partial charge in [-0.2, -0.15) is 0 Å². The zero-order chi connectivity index (χ0) is 21.9. The lowest BCUT2D eigenvalue weighted by molar-refractivity contribution is -0.117. The molecular formula is C27H35N3O. The van der Waals surface area contributed by atoms with Crippen LogP contribution in [0.15, 0.2) is 60.7 Å². The molecule has 164 valence electrons. The summed E-state index contributed by atoms with van der Waals surface area (Å²) in [5, 5.41) is 3.08. The molecule has 1 heterocycles. The summed E-state index contributed by atoms with van der Waals surface area (Å²) in [4.78, 5) is 17.3. The van der Waals surface area contributed by atoms with Crippen LogP contribution in [0.25, 0.3) is 17.1 Å². The van der Waals surface area contributed by atoms with Gasteiger partial charge in [0.15, 0.2) is 0 Å². The van der Waals surface area contributed by atoms with Crippen LogP contribution >= 0.6 is 0 Å². The lowest BCUT2D eigenvalue weighted by Gasteiger charge is -2.15. The minimum Gasteiger partial charge on any atom is -0.343 e. The molecule has 1 N–H and O–H groups in total. The van der Waals surface area contributed by atoms with Crippen molar-refractivity contribution in [3.05, 3.63) is 72.1 Å². The third-order valence-electron chi connectivity index (χ3n) is 5.64. The summed E-state index contributed by atoms with van der Waals surface area (Å²) in [7, 11) is 0. The first-order chi connectivity index (χ1) is 15.2. The highest BCUT2D eigenvalue weighted by Gasteiger charge is 2.17. The molecular weight excluding hydrogens is 382 g/mol. The molecule has 0 radical (unpaired) electrons. The van der Waals surface area contributed by atoms with E-state index in [0.29, 0.717) is 0 Å². The quantitative estimate of drug-likeness (QED) is 0.264. The Balaban J connectivity index is 1.63. The highest BCUT2D eigenvalue weighted by Crippen LogP contribution is 2.22. The SMILES string of the molecule is CCCCCCCCCn1c(C(C)NC(=O)/C=C\c2ccccc2)nc2ccccc21. The first-order valence-electron chi connectivity index (χ1n) is 11.7. The average molecular weight is 418 g/mol. The molecule has 0 aliphatic carbocycles. The van der Waals surface area contributed by atoms with Gasteiger partial charge in [-0.3, -0.25) is 4.79 Å². The summed E-state index contributed by atoms with van der Waals surface area (Å²) in [5.74, 6) is 0.819. The molecule has 4 nitrogen and oxygen atoms in total. The Labute approximate surface area is 186 Å². The number of nitrogens with one attached hydrogen (secondary N) is 1. The standard InChI is InChI=1S/C27H35N3O/c1-3-4-5-6-7-8-14-21-30-25-18-13-12-17-24(25)29-27(30)22(2)28-26(31)20-19-23-15-10-9-11-16-23/h9-13,15-20,22H,3-8,14,21H2,1-2H3,(H,28,31)/b20-19-. The van der Waals surface area contributed by atoms with Crippen molar-refractivity contribution in [2.45, 2.75) is 71.4 Å². The lowest BCUT2D eigenvalue weighted by atomic mass is 10.1. The van der Waals surface area contributed by atoms with Crippen LogP contribution < -0.4 is 5.32 Å². The van der Waals surface area contributed by atoms with Crippen molar-refractivity contribution in [1.82, 2.24) is 14.9 Å². The number of hydrogen-bond donors (Lipinski definition) is 1. The average Bonchev–Trinajstić information content (AvgIpc) is 3.16. The molecule has 0 saturated heterocycles. The molecule has 1 amide bonds. The molecule has 0 spiro atoms. The van der Waals surface area contributed by atoms with Crippen LogP contribution in [0.2, 0.25) is 0 Å².